The van der Waals surface area contributed by atoms with E-state index in [-0.39, 0.29) is 11.3 Å². The van der Waals surface area contributed by atoms with Crippen molar-refractivity contribution < 1.29 is 18.7 Å². The van der Waals surface area contributed by atoms with Crippen molar-refractivity contribution in [3.63, 3.8) is 0 Å². The summed E-state index contributed by atoms with van der Waals surface area (Å²) in [7, 11) is 0. The third-order valence-corrected chi connectivity index (χ3v) is 4.41. The second-order valence-corrected chi connectivity index (χ2v) is 6.23. The first-order valence-electron chi connectivity index (χ1n) is 8.12. The number of hydrogen-bond acceptors (Lipinski definition) is 5. The van der Waals surface area contributed by atoms with Gasteiger partial charge >= 0.3 is 11.7 Å². The molecule has 8 nitrogen and oxygen atoms in total. The molecule has 0 bridgehead atoms. The van der Waals surface area contributed by atoms with Crippen molar-refractivity contribution in [3.8, 4) is 11.8 Å². The number of nitriles is 1. The third-order valence-electron chi connectivity index (χ3n) is 4.41. The lowest BCUT2D eigenvalue weighted by Gasteiger charge is -2.23. The van der Waals surface area contributed by atoms with Crippen molar-refractivity contribution in [2.45, 2.75) is 12.3 Å². The minimum atomic E-state index is -1.66. The lowest BCUT2D eigenvalue weighted by atomic mass is 9.77. The monoisotopic (exact) mass is 398 g/mol. The molecule has 0 spiro atoms. The first-order chi connectivity index (χ1) is 13.7. The van der Waals surface area contributed by atoms with Gasteiger partial charge in [0.2, 0.25) is 5.69 Å². The molecular formula is C19H12F2N4O4. The summed E-state index contributed by atoms with van der Waals surface area (Å²) >= 11 is 0. The normalized spacial score (nSPS) is 12.8. The summed E-state index contributed by atoms with van der Waals surface area (Å²) in [6, 6.07) is 10.4. The van der Waals surface area contributed by atoms with Crippen LogP contribution in [0.2, 0.25) is 0 Å². The maximum atomic E-state index is 14.9. The topological polar surface area (TPSA) is 129 Å². The van der Waals surface area contributed by atoms with Crippen LogP contribution in [0.25, 0.3) is 5.69 Å². The van der Waals surface area contributed by atoms with Gasteiger partial charge in [0.15, 0.2) is 0 Å². The predicted molar refractivity (Wildman–Crippen MR) is 95.8 cm³/mol. The molecule has 1 unspecified atom stereocenters. The fraction of sp³-hybridized carbons (Fsp3) is 0.105. The van der Waals surface area contributed by atoms with Crippen molar-refractivity contribution in [1.82, 2.24) is 14.8 Å². The Morgan fingerprint density at radius 1 is 1.21 bits per heavy atom. The van der Waals surface area contributed by atoms with Crippen molar-refractivity contribution in [1.29, 1.82) is 5.26 Å². The Balaban J connectivity index is 2.15. The number of halogens is 2. The van der Waals surface area contributed by atoms with E-state index in [0.29, 0.717) is 10.2 Å². The van der Waals surface area contributed by atoms with Gasteiger partial charge in [-0.25, -0.2) is 18.4 Å². The van der Waals surface area contributed by atoms with E-state index < -0.39 is 40.0 Å². The second kappa shape index (κ2) is 7.12. The number of benzene rings is 2. The van der Waals surface area contributed by atoms with Crippen LogP contribution in [0, 0.1) is 23.0 Å². The van der Waals surface area contributed by atoms with E-state index in [1.807, 2.05) is 6.07 Å². The number of carboxylic acid groups (broad SMARTS) is 1. The molecule has 0 aliphatic carbocycles. The van der Waals surface area contributed by atoms with Gasteiger partial charge in [-0.3, -0.25) is 9.78 Å². The van der Waals surface area contributed by atoms with E-state index in [0.717, 1.165) is 18.2 Å². The highest BCUT2D eigenvalue weighted by Gasteiger charge is 2.32. The fourth-order valence-corrected chi connectivity index (χ4v) is 2.82. The van der Waals surface area contributed by atoms with Gasteiger partial charge in [-0.15, -0.1) is 0 Å². The average molecular weight is 398 g/mol. The average Bonchev–Trinajstić information content (AvgIpc) is 2.67. The standard InChI is InChI=1S/C19H12F2N4O4/c1-19(9-22,10-2-4-11(20)5-3-10)13-7-6-12(8-14(13)21)25-18(29)23-16(26)15(24-25)17(27)28/h2-8H,1H3,(H,27,28)(H,23,26,29). The predicted octanol–water partition coefficient (Wildman–Crippen LogP) is 1.73. The van der Waals surface area contributed by atoms with Crippen molar-refractivity contribution >= 4 is 5.97 Å². The van der Waals surface area contributed by atoms with Gasteiger partial charge in [0.25, 0.3) is 5.56 Å². The first-order valence-corrected chi connectivity index (χ1v) is 8.12. The number of H-pyrrole nitrogens is 1. The number of carbonyl (C=O) groups is 1. The number of rotatable bonds is 4. The highest BCUT2D eigenvalue weighted by atomic mass is 19.1. The molecule has 2 N–H and O–H groups in total. The Morgan fingerprint density at radius 3 is 2.41 bits per heavy atom. The van der Waals surface area contributed by atoms with E-state index in [9.17, 15) is 28.4 Å². The summed E-state index contributed by atoms with van der Waals surface area (Å²) < 4.78 is 28.6. The van der Waals surface area contributed by atoms with Gasteiger partial charge in [-0.2, -0.15) is 15.0 Å². The molecule has 0 radical (unpaired) electrons. The summed E-state index contributed by atoms with van der Waals surface area (Å²) in [6.07, 6.45) is 0. The van der Waals surface area contributed by atoms with Crippen LogP contribution in [-0.2, 0) is 5.41 Å². The Bertz CT molecular complexity index is 1280. The number of aromatic nitrogens is 3. The van der Waals surface area contributed by atoms with Crippen LogP contribution in [0.15, 0.2) is 52.1 Å². The van der Waals surface area contributed by atoms with E-state index in [4.69, 9.17) is 5.11 Å². The molecule has 0 saturated heterocycles. The molecule has 1 heterocycles. The van der Waals surface area contributed by atoms with Crippen LogP contribution in [0.1, 0.15) is 28.5 Å². The van der Waals surface area contributed by atoms with Gasteiger partial charge in [-0.1, -0.05) is 18.2 Å². The van der Waals surface area contributed by atoms with E-state index in [2.05, 4.69) is 5.10 Å². The Labute approximate surface area is 161 Å². The zero-order chi connectivity index (χ0) is 21.3. The van der Waals surface area contributed by atoms with Crippen LogP contribution in [0.4, 0.5) is 8.78 Å². The highest BCUT2D eigenvalue weighted by molar-refractivity contribution is 5.84. The van der Waals surface area contributed by atoms with E-state index in [1.54, 1.807) is 4.98 Å². The summed E-state index contributed by atoms with van der Waals surface area (Å²) in [5.41, 5.74) is -4.52. The molecule has 1 atom stereocenters. The van der Waals surface area contributed by atoms with Crippen LogP contribution < -0.4 is 11.2 Å². The molecule has 10 heteroatoms. The SMILES string of the molecule is CC(C#N)(c1ccc(F)cc1)c1ccc(-n2nc(C(=O)O)c(=O)[nH]c2=O)cc1F. The van der Waals surface area contributed by atoms with Crippen LogP contribution in [-0.4, -0.2) is 25.8 Å². The summed E-state index contributed by atoms with van der Waals surface area (Å²) in [5.74, 6) is -3.05. The summed E-state index contributed by atoms with van der Waals surface area (Å²) in [6.45, 7) is 1.45. The van der Waals surface area contributed by atoms with E-state index >= 15 is 0 Å². The van der Waals surface area contributed by atoms with Crippen LogP contribution >= 0.6 is 0 Å². The third kappa shape index (κ3) is 3.41. The van der Waals surface area contributed by atoms with Crippen LogP contribution in [0.3, 0.4) is 0 Å². The highest BCUT2D eigenvalue weighted by Crippen LogP contribution is 2.33. The Morgan fingerprint density at radius 2 is 1.86 bits per heavy atom. The first kappa shape index (κ1) is 19.6. The number of nitrogens with one attached hydrogen (secondary N) is 1. The molecule has 29 heavy (non-hydrogen) atoms. The number of aromatic amines is 1. The van der Waals surface area contributed by atoms with Gasteiger partial charge in [0.05, 0.1) is 11.8 Å². The molecule has 2 aromatic carbocycles. The quantitative estimate of drug-likeness (QED) is 0.689. The minimum Gasteiger partial charge on any atom is -0.476 e. The van der Waals surface area contributed by atoms with Gasteiger partial charge in [0.1, 0.15) is 17.0 Å². The molecule has 3 aromatic rings. The fourth-order valence-electron chi connectivity index (χ4n) is 2.82. The maximum Gasteiger partial charge on any atom is 0.362 e. The van der Waals surface area contributed by atoms with Crippen molar-refractivity contribution in [3.05, 3.63) is 91.8 Å². The smallest absolute Gasteiger partial charge is 0.362 e. The van der Waals surface area contributed by atoms with Gasteiger partial charge < -0.3 is 5.11 Å². The largest absolute Gasteiger partial charge is 0.476 e. The molecule has 0 amide bonds. The Hall–Kier alpha value is -4.13. The molecule has 0 saturated carbocycles. The minimum absolute atomic E-state index is 0.0497. The summed E-state index contributed by atoms with van der Waals surface area (Å²) in [5, 5.41) is 22.1. The Kier molecular flexibility index (Phi) is 4.82. The lowest BCUT2D eigenvalue weighted by Crippen LogP contribution is -2.35. The molecule has 1 aromatic heterocycles. The van der Waals surface area contributed by atoms with Gasteiger partial charge in [0, 0.05) is 11.6 Å². The number of carboxylic acids is 1. The van der Waals surface area contributed by atoms with E-state index in [1.165, 1.54) is 31.2 Å². The van der Waals surface area contributed by atoms with Gasteiger partial charge in [-0.05, 0) is 30.7 Å². The lowest BCUT2D eigenvalue weighted by molar-refractivity contribution is 0.0685. The number of aromatic carboxylic acids is 1. The molecule has 0 aliphatic rings. The second-order valence-electron chi connectivity index (χ2n) is 6.23. The van der Waals surface area contributed by atoms with Crippen molar-refractivity contribution in [2.75, 3.05) is 0 Å². The van der Waals surface area contributed by atoms with Crippen molar-refractivity contribution in [2.24, 2.45) is 0 Å². The molecule has 146 valence electrons. The summed E-state index contributed by atoms with van der Waals surface area (Å²) in [4.78, 5) is 36.3. The molecule has 3 rings (SSSR count). The van der Waals surface area contributed by atoms with Crippen LogP contribution in [0.5, 0.6) is 0 Å². The zero-order valence-electron chi connectivity index (χ0n) is 14.8. The number of nitrogens with zero attached hydrogens (tertiary/aromatic N) is 3. The maximum absolute atomic E-state index is 14.9. The molecule has 0 aliphatic heterocycles. The molecular weight excluding hydrogens is 386 g/mol. The molecule has 0 fully saturated rings. The number of hydrogen-bond donors (Lipinski definition) is 2. The zero-order valence-corrected chi connectivity index (χ0v) is 14.8.